The summed E-state index contributed by atoms with van der Waals surface area (Å²) in [7, 11) is -13.3. The maximum absolute atomic E-state index is 13.4. The topological polar surface area (TPSA) is 270 Å². The van der Waals surface area contributed by atoms with Gasteiger partial charge in [0.15, 0.2) is 0 Å². The van der Waals surface area contributed by atoms with E-state index in [2.05, 4.69) is 30.5 Å². The maximum Gasteiger partial charge on any atom is 1.00 e. The van der Waals surface area contributed by atoms with Crippen LogP contribution < -0.4 is 104 Å². The zero-order chi connectivity index (χ0) is 34.3. The molecule has 4 aromatic carbocycles. The molecule has 244 valence electrons. The third-order valence-electron chi connectivity index (χ3n) is 6.35. The first kappa shape index (κ1) is 44.3. The van der Waals surface area contributed by atoms with Crippen LogP contribution in [0.4, 0.5) is 34.6 Å². The van der Waals surface area contributed by atoms with Crippen molar-refractivity contribution in [1.29, 1.82) is 0 Å². The fourth-order valence-electron chi connectivity index (χ4n) is 4.20. The van der Waals surface area contributed by atoms with Gasteiger partial charge in [-0.3, -0.25) is 4.55 Å². The fraction of sp³-hybridized carbons (Fsp3) is 0.0385. The molecule has 0 aliphatic heterocycles. The minimum Gasteiger partial charge on any atom is -0.871 e. The van der Waals surface area contributed by atoms with Gasteiger partial charge in [0.05, 0.1) is 15.5 Å². The third kappa shape index (κ3) is 10.4. The molecule has 0 spiro atoms. The third-order valence-corrected chi connectivity index (χ3v) is 9.10. The summed E-state index contributed by atoms with van der Waals surface area (Å²) >= 11 is 6.08. The number of hydrogen-bond donors (Lipinski definition) is 2. The van der Waals surface area contributed by atoms with Gasteiger partial charge in [-0.25, -0.2) is 16.8 Å². The number of rotatable bonds is 9. The minimum atomic E-state index is -5.09. The summed E-state index contributed by atoms with van der Waals surface area (Å²) in [4.78, 5) is 11.4. The Kier molecular flexibility index (Phi) is 15.4. The Hall–Kier alpha value is -1.83. The van der Waals surface area contributed by atoms with Crippen LogP contribution in [0.2, 0.25) is 5.28 Å². The molecule has 0 saturated carbocycles. The molecule has 1 heterocycles. The largest absolute Gasteiger partial charge is 1.00 e. The number of fused-ring (bicyclic) bond motifs is 1. The Morgan fingerprint density at radius 3 is 2.12 bits per heavy atom. The molecule has 0 unspecified atom stereocenters. The molecule has 24 heteroatoms. The number of hydrogen-bond acceptors (Lipinski definition) is 16. The Morgan fingerprint density at radius 1 is 0.800 bits per heavy atom. The fourth-order valence-corrected chi connectivity index (χ4v) is 6.14. The van der Waals surface area contributed by atoms with Crippen molar-refractivity contribution in [3.8, 4) is 5.75 Å². The quantitative estimate of drug-likeness (QED) is 0.0803. The number of anilines is 4. The van der Waals surface area contributed by atoms with Gasteiger partial charge in [0.25, 0.3) is 10.1 Å². The standard InChI is InChI=1S/C26H20ClN7O10S3.3Na/c1-34(26-30-24(27)29-25(31-26)28-15-5-4-6-17(13-15)45(36,37)38)16-9-10-18-14(11-16)12-21(47(42,43)44)22(23(18)35)33-32-19-7-2-3-8-20(19)46(39,40)41;;;/h2-13,35H,1H3,(H,36,37,38)(H,39,40,41)(H,42,43,44)(H,28,29,30,31);;;/q;3*+1/p-3. The van der Waals surface area contributed by atoms with Crippen molar-refractivity contribution in [2.24, 2.45) is 10.2 Å². The van der Waals surface area contributed by atoms with Crippen molar-refractivity contribution in [3.05, 3.63) is 78.1 Å². The zero-order valence-corrected chi connectivity index (χ0v) is 35.5. The van der Waals surface area contributed by atoms with E-state index < -0.39 is 62.2 Å². The van der Waals surface area contributed by atoms with Crippen LogP contribution in [0.25, 0.3) is 10.8 Å². The number of benzene rings is 4. The molecule has 0 aliphatic rings. The van der Waals surface area contributed by atoms with Gasteiger partial charge in [-0.15, -0.1) is 10.2 Å². The second-order valence-corrected chi connectivity index (χ2v) is 13.9. The molecule has 2 N–H and O–H groups in total. The van der Waals surface area contributed by atoms with Crippen molar-refractivity contribution in [2.75, 3.05) is 17.3 Å². The maximum atomic E-state index is 13.4. The van der Waals surface area contributed by atoms with E-state index in [1.54, 1.807) is 0 Å². The minimum absolute atomic E-state index is 0. The number of nitrogens with zero attached hydrogens (tertiary/aromatic N) is 6. The second kappa shape index (κ2) is 17.3. The van der Waals surface area contributed by atoms with E-state index in [9.17, 15) is 44.0 Å². The molecule has 17 nitrogen and oxygen atoms in total. The van der Waals surface area contributed by atoms with E-state index in [1.165, 1.54) is 54.4 Å². The van der Waals surface area contributed by atoms with Crippen LogP contribution in [-0.4, -0.2) is 60.9 Å². The summed E-state index contributed by atoms with van der Waals surface area (Å²) < 4.78 is 103. The van der Waals surface area contributed by atoms with Crippen LogP contribution >= 0.6 is 11.6 Å². The summed E-state index contributed by atoms with van der Waals surface area (Å²) in [6, 6.07) is 14.6. The molecule has 0 fully saturated rings. The number of azo groups is 1. The van der Waals surface area contributed by atoms with Gasteiger partial charge >= 0.3 is 88.7 Å². The zero-order valence-electron chi connectivity index (χ0n) is 26.3. The van der Waals surface area contributed by atoms with Gasteiger partial charge in [0.1, 0.15) is 30.8 Å². The molecule has 0 aliphatic carbocycles. The molecule has 0 atom stereocenters. The molecular weight excluding hydrogens is 771 g/mol. The van der Waals surface area contributed by atoms with E-state index in [1.807, 2.05) is 0 Å². The number of nitrogens with one attached hydrogen (secondary N) is 1. The van der Waals surface area contributed by atoms with Gasteiger partial charge in [0.2, 0.25) is 17.2 Å². The summed E-state index contributed by atoms with van der Waals surface area (Å²) in [5, 5.41) is 23.0. The SMILES string of the molecule is CN(c1ccc2c([O-])c(N=Nc3ccccc3S(=O)(=O)[O-])c(S(=O)(=O)O)cc2c1)c1nc(Cl)nc(Nc2cccc(S(=O)(=O)[O-])c2)n1.[Na+].[Na+].[Na+]. The number of halogens is 1. The van der Waals surface area contributed by atoms with Gasteiger partial charge in [-0.05, 0) is 70.9 Å². The van der Waals surface area contributed by atoms with Gasteiger partial charge in [0, 0.05) is 18.4 Å². The van der Waals surface area contributed by atoms with Gasteiger partial charge in [-0.2, -0.15) is 23.4 Å². The second-order valence-electron chi connectivity index (χ2n) is 9.45. The van der Waals surface area contributed by atoms with Crippen LogP contribution in [0, 0.1) is 0 Å². The Labute approximate surface area is 356 Å². The van der Waals surface area contributed by atoms with Gasteiger partial charge in [-0.1, -0.05) is 30.0 Å². The number of aromatic nitrogens is 3. The Morgan fingerprint density at radius 2 is 1.48 bits per heavy atom. The summed E-state index contributed by atoms with van der Waals surface area (Å²) in [5.74, 6) is -1.19. The monoisotopic (exact) mass is 787 g/mol. The summed E-state index contributed by atoms with van der Waals surface area (Å²) in [5.41, 5.74) is -0.869. The van der Waals surface area contributed by atoms with Crippen LogP contribution in [0.15, 0.2) is 97.7 Å². The Bertz CT molecular complexity index is 2440. The first-order valence-corrected chi connectivity index (χ1v) is 17.3. The van der Waals surface area contributed by atoms with E-state index in [0.717, 1.165) is 30.3 Å². The molecule has 1 aromatic heterocycles. The predicted octanol–water partition coefficient (Wildman–Crippen LogP) is -5.25. The normalized spacial score (nSPS) is 11.7. The van der Waals surface area contributed by atoms with Gasteiger partial charge < -0.3 is 24.4 Å². The molecule has 50 heavy (non-hydrogen) atoms. The van der Waals surface area contributed by atoms with E-state index in [4.69, 9.17) is 11.6 Å². The van der Waals surface area contributed by atoms with Crippen molar-refractivity contribution >= 4 is 87.4 Å². The average molecular weight is 788 g/mol. The van der Waals surface area contributed by atoms with E-state index in [0.29, 0.717) is 0 Å². The van der Waals surface area contributed by atoms with Crippen LogP contribution in [-0.2, 0) is 30.4 Å². The molecule has 0 bridgehead atoms. The van der Waals surface area contributed by atoms with Crippen LogP contribution in [0.1, 0.15) is 0 Å². The Balaban J connectivity index is 0.00000289. The smallest absolute Gasteiger partial charge is 0.871 e. The van der Waals surface area contributed by atoms with Crippen molar-refractivity contribution in [1.82, 2.24) is 15.0 Å². The van der Waals surface area contributed by atoms with E-state index >= 15 is 0 Å². The van der Waals surface area contributed by atoms with Crippen molar-refractivity contribution < 1.29 is 133 Å². The van der Waals surface area contributed by atoms with Crippen LogP contribution in [0.3, 0.4) is 0 Å². The first-order valence-electron chi connectivity index (χ1n) is 12.6. The summed E-state index contributed by atoms with van der Waals surface area (Å²) in [6.45, 7) is 0. The molecule has 0 amide bonds. The predicted molar refractivity (Wildman–Crippen MR) is 162 cm³/mol. The van der Waals surface area contributed by atoms with Crippen LogP contribution in [0.5, 0.6) is 5.75 Å². The first-order chi connectivity index (χ1) is 21.9. The van der Waals surface area contributed by atoms with Crippen molar-refractivity contribution in [3.63, 3.8) is 0 Å². The van der Waals surface area contributed by atoms with E-state index in [-0.39, 0.29) is 128 Å². The molecular formula is C26H17ClN7Na3O10S3. The molecule has 5 aromatic rings. The molecule has 5 rings (SSSR count). The molecule has 0 radical (unpaired) electrons. The summed E-state index contributed by atoms with van der Waals surface area (Å²) in [6.07, 6.45) is 0. The average Bonchev–Trinajstić information content (AvgIpc) is 2.98. The van der Waals surface area contributed by atoms with Crippen molar-refractivity contribution in [2.45, 2.75) is 14.7 Å². The molecule has 0 saturated heterocycles.